The van der Waals surface area contributed by atoms with Crippen LogP contribution < -0.4 is 5.32 Å². The number of carbonyl (C=O) groups is 1. The molecule has 0 aliphatic carbocycles. The van der Waals surface area contributed by atoms with Gasteiger partial charge in [0.15, 0.2) is 0 Å². The molecule has 0 aromatic carbocycles. The Hall–Kier alpha value is -1.33. The van der Waals surface area contributed by atoms with Gasteiger partial charge in [-0.05, 0) is 44.2 Å². The lowest BCUT2D eigenvalue weighted by molar-refractivity contribution is -0.142. The molecule has 2 fully saturated rings. The molecule has 24 heavy (non-hydrogen) atoms. The van der Waals surface area contributed by atoms with Crippen molar-refractivity contribution in [3.8, 4) is 0 Å². The van der Waals surface area contributed by atoms with Crippen molar-refractivity contribution in [2.24, 2.45) is 5.92 Å². The van der Waals surface area contributed by atoms with Crippen molar-refractivity contribution in [3.05, 3.63) is 23.2 Å². The maximum absolute atomic E-state index is 12.7. The number of rotatable bonds is 4. The summed E-state index contributed by atoms with van der Waals surface area (Å²) in [6.07, 6.45) is 1.81. The van der Waals surface area contributed by atoms with Gasteiger partial charge in [-0.2, -0.15) is 0 Å². The summed E-state index contributed by atoms with van der Waals surface area (Å²) in [5.41, 5.74) is 0.918. The fourth-order valence-electron chi connectivity index (χ4n) is 4.11. The van der Waals surface area contributed by atoms with Crippen LogP contribution in [0.4, 0.5) is 0 Å². The first-order valence-electron chi connectivity index (χ1n) is 9.22. The molecule has 0 atom stereocenters. The quantitative estimate of drug-likeness (QED) is 0.919. The van der Waals surface area contributed by atoms with E-state index in [1.807, 2.05) is 6.92 Å². The van der Waals surface area contributed by atoms with Gasteiger partial charge >= 0.3 is 0 Å². The minimum Gasteiger partial charge on any atom is -0.465 e. The second-order valence-corrected chi connectivity index (χ2v) is 7.86. The Morgan fingerprint density at radius 1 is 1.25 bits per heavy atom. The van der Waals surface area contributed by atoms with Crippen molar-refractivity contribution in [2.75, 3.05) is 32.7 Å². The zero-order valence-electron chi connectivity index (χ0n) is 15.5. The number of carbonyl (C=O) groups excluding carboxylic acids is 1. The SMILES string of the molecule is Cc1cc(CN2CCC3(CC2)C(=O)NCCN3CC(C)C)oc1C. The molecule has 0 radical (unpaired) electrons. The summed E-state index contributed by atoms with van der Waals surface area (Å²) in [7, 11) is 0. The van der Waals surface area contributed by atoms with E-state index in [1.54, 1.807) is 0 Å². The molecule has 1 amide bonds. The van der Waals surface area contributed by atoms with Crippen LogP contribution >= 0.6 is 0 Å². The molecular formula is C19H31N3O2. The fourth-order valence-corrected chi connectivity index (χ4v) is 4.11. The van der Waals surface area contributed by atoms with Gasteiger partial charge in [-0.3, -0.25) is 14.6 Å². The summed E-state index contributed by atoms with van der Waals surface area (Å²) in [5, 5.41) is 3.10. The molecule has 1 aromatic heterocycles. The minimum absolute atomic E-state index is 0.235. The lowest BCUT2D eigenvalue weighted by Crippen LogP contribution is -2.68. The third-order valence-corrected chi connectivity index (χ3v) is 5.56. The van der Waals surface area contributed by atoms with E-state index in [2.05, 4.69) is 42.0 Å². The number of amides is 1. The molecule has 5 nitrogen and oxygen atoms in total. The Labute approximate surface area is 145 Å². The lowest BCUT2D eigenvalue weighted by Gasteiger charge is -2.50. The van der Waals surface area contributed by atoms with E-state index in [-0.39, 0.29) is 11.4 Å². The van der Waals surface area contributed by atoms with E-state index < -0.39 is 0 Å². The smallest absolute Gasteiger partial charge is 0.240 e. The highest BCUT2D eigenvalue weighted by molar-refractivity contribution is 5.87. The molecule has 1 aromatic rings. The Morgan fingerprint density at radius 2 is 1.96 bits per heavy atom. The normalized spacial score (nSPS) is 22.3. The van der Waals surface area contributed by atoms with Gasteiger partial charge in [-0.25, -0.2) is 0 Å². The number of furan rings is 1. The monoisotopic (exact) mass is 333 g/mol. The highest BCUT2D eigenvalue weighted by atomic mass is 16.3. The van der Waals surface area contributed by atoms with Crippen LogP contribution in [0.3, 0.4) is 0 Å². The number of aryl methyl sites for hydroxylation is 2. The van der Waals surface area contributed by atoms with Gasteiger partial charge in [0.2, 0.25) is 5.91 Å². The summed E-state index contributed by atoms with van der Waals surface area (Å²) >= 11 is 0. The fraction of sp³-hybridized carbons (Fsp3) is 0.737. The predicted molar refractivity (Wildman–Crippen MR) is 94.8 cm³/mol. The Morgan fingerprint density at radius 3 is 2.54 bits per heavy atom. The van der Waals surface area contributed by atoms with Crippen molar-refractivity contribution in [3.63, 3.8) is 0 Å². The zero-order valence-corrected chi connectivity index (χ0v) is 15.5. The molecule has 5 heteroatoms. The van der Waals surface area contributed by atoms with Crippen LogP contribution in [0, 0.1) is 19.8 Å². The van der Waals surface area contributed by atoms with Crippen molar-refractivity contribution < 1.29 is 9.21 Å². The molecule has 2 aliphatic heterocycles. The topological polar surface area (TPSA) is 48.7 Å². The molecule has 0 saturated carbocycles. The molecule has 3 heterocycles. The Balaban J connectivity index is 1.66. The van der Waals surface area contributed by atoms with Crippen molar-refractivity contribution in [2.45, 2.75) is 52.6 Å². The molecule has 2 aliphatic rings. The van der Waals surface area contributed by atoms with Crippen molar-refractivity contribution in [1.82, 2.24) is 15.1 Å². The van der Waals surface area contributed by atoms with Crippen LogP contribution in [0.15, 0.2) is 10.5 Å². The minimum atomic E-state index is -0.298. The van der Waals surface area contributed by atoms with E-state index in [0.29, 0.717) is 5.92 Å². The highest BCUT2D eigenvalue weighted by Gasteiger charge is 2.47. The van der Waals surface area contributed by atoms with Gasteiger partial charge in [-0.15, -0.1) is 0 Å². The average molecular weight is 333 g/mol. The molecule has 1 N–H and O–H groups in total. The van der Waals surface area contributed by atoms with Crippen LogP contribution in [-0.2, 0) is 11.3 Å². The van der Waals surface area contributed by atoms with Crippen molar-refractivity contribution in [1.29, 1.82) is 0 Å². The molecule has 3 rings (SSSR count). The second-order valence-electron chi connectivity index (χ2n) is 7.86. The van der Waals surface area contributed by atoms with Crippen LogP contribution in [0.2, 0.25) is 0 Å². The first-order valence-corrected chi connectivity index (χ1v) is 9.22. The molecule has 0 unspecified atom stereocenters. The third-order valence-electron chi connectivity index (χ3n) is 5.56. The van der Waals surface area contributed by atoms with E-state index >= 15 is 0 Å². The molecule has 2 saturated heterocycles. The predicted octanol–water partition coefficient (Wildman–Crippen LogP) is 2.32. The summed E-state index contributed by atoms with van der Waals surface area (Å²) in [6, 6.07) is 2.14. The summed E-state index contributed by atoms with van der Waals surface area (Å²) in [6.45, 7) is 14.1. The van der Waals surface area contributed by atoms with Crippen LogP contribution in [0.1, 0.15) is 43.8 Å². The van der Waals surface area contributed by atoms with E-state index in [0.717, 1.165) is 63.6 Å². The van der Waals surface area contributed by atoms with Gasteiger partial charge in [0.05, 0.1) is 6.54 Å². The largest absolute Gasteiger partial charge is 0.465 e. The van der Waals surface area contributed by atoms with Gasteiger partial charge in [-0.1, -0.05) is 13.8 Å². The number of piperidine rings is 1. The maximum Gasteiger partial charge on any atom is 0.240 e. The van der Waals surface area contributed by atoms with Gasteiger partial charge in [0.25, 0.3) is 0 Å². The third kappa shape index (κ3) is 3.38. The highest BCUT2D eigenvalue weighted by Crippen LogP contribution is 2.32. The molecular weight excluding hydrogens is 302 g/mol. The van der Waals surface area contributed by atoms with Crippen molar-refractivity contribution >= 4 is 5.91 Å². The number of hydrogen-bond donors (Lipinski definition) is 1. The zero-order chi connectivity index (χ0) is 17.3. The first-order chi connectivity index (χ1) is 11.4. The Kier molecular flexibility index (Phi) is 5.02. The van der Waals surface area contributed by atoms with Crippen LogP contribution in [0.5, 0.6) is 0 Å². The molecule has 0 bridgehead atoms. The summed E-state index contributed by atoms with van der Waals surface area (Å²) in [5.74, 6) is 2.86. The summed E-state index contributed by atoms with van der Waals surface area (Å²) < 4.78 is 5.82. The maximum atomic E-state index is 12.7. The Bertz CT molecular complexity index is 566. The van der Waals surface area contributed by atoms with E-state index in [9.17, 15) is 4.79 Å². The number of piperazine rings is 1. The van der Waals surface area contributed by atoms with E-state index in [4.69, 9.17) is 4.42 Å². The van der Waals surface area contributed by atoms with Gasteiger partial charge < -0.3 is 9.73 Å². The first kappa shape index (κ1) is 17.5. The van der Waals surface area contributed by atoms with Crippen LogP contribution in [-0.4, -0.2) is 54.0 Å². The number of nitrogens with one attached hydrogen (secondary N) is 1. The summed E-state index contributed by atoms with van der Waals surface area (Å²) in [4.78, 5) is 17.5. The van der Waals surface area contributed by atoms with Gasteiger partial charge in [0, 0.05) is 32.7 Å². The average Bonchev–Trinajstić information content (AvgIpc) is 2.84. The van der Waals surface area contributed by atoms with E-state index in [1.165, 1.54) is 5.56 Å². The molecule has 1 spiro atoms. The standard InChI is InChI=1S/C19H31N3O2/c1-14(2)12-22-10-7-20-18(23)19(22)5-8-21(9-6-19)13-17-11-15(3)16(4)24-17/h11,14H,5-10,12-13H2,1-4H3,(H,20,23). The number of nitrogens with zero attached hydrogens (tertiary/aromatic N) is 2. The number of hydrogen-bond acceptors (Lipinski definition) is 4. The van der Waals surface area contributed by atoms with Gasteiger partial charge in [0.1, 0.15) is 17.1 Å². The lowest BCUT2D eigenvalue weighted by atomic mass is 9.82. The second kappa shape index (κ2) is 6.89. The molecule has 134 valence electrons. The number of likely N-dealkylation sites (tertiary alicyclic amines) is 1. The van der Waals surface area contributed by atoms with Crippen LogP contribution in [0.25, 0.3) is 0 Å².